The average Bonchev–Trinajstić information content (AvgIpc) is 2.52. The molecule has 1 aliphatic heterocycles. The molecule has 86 valence electrons. The van der Waals surface area contributed by atoms with Gasteiger partial charge in [-0.15, -0.1) is 4.40 Å². The lowest BCUT2D eigenvalue weighted by atomic mass is 10.2. The van der Waals surface area contributed by atoms with Gasteiger partial charge in [0.2, 0.25) is 0 Å². The Balaban J connectivity index is 2.25. The van der Waals surface area contributed by atoms with Crippen LogP contribution >= 0.6 is 23.4 Å². The van der Waals surface area contributed by atoms with Gasteiger partial charge in [0, 0.05) is 5.02 Å². The second-order valence-electron chi connectivity index (χ2n) is 3.21. The molecule has 0 N–H and O–H groups in total. The largest absolute Gasteiger partial charge is 0.433 e. The number of halogens is 1. The molecule has 0 spiro atoms. The van der Waals surface area contributed by atoms with Crippen molar-refractivity contribution in [3.63, 3.8) is 0 Å². The first-order valence-electron chi connectivity index (χ1n) is 4.36. The van der Waals surface area contributed by atoms with Crippen molar-refractivity contribution >= 4 is 38.6 Å². The Hall–Kier alpha value is -0.720. The van der Waals surface area contributed by atoms with Gasteiger partial charge in [-0.1, -0.05) is 17.7 Å². The summed E-state index contributed by atoms with van der Waals surface area (Å²) >= 11 is 6.87. The van der Waals surface area contributed by atoms with Gasteiger partial charge in [0.1, 0.15) is 10.8 Å². The molecular weight excluding hydrogens is 270 g/mol. The molecule has 0 bridgehead atoms. The lowest BCUT2D eigenvalue weighted by Gasteiger charge is -2.06. The Morgan fingerprint density at radius 3 is 2.88 bits per heavy atom. The summed E-state index contributed by atoms with van der Waals surface area (Å²) in [5.41, 5.74) is 0.872. The van der Waals surface area contributed by atoms with Crippen molar-refractivity contribution in [2.75, 3.05) is 5.08 Å². The monoisotopic (exact) mass is 277 g/mol. The Labute approximate surface area is 103 Å². The first kappa shape index (κ1) is 11.8. The Morgan fingerprint density at radius 2 is 2.25 bits per heavy atom. The van der Waals surface area contributed by atoms with Crippen LogP contribution in [0.2, 0.25) is 5.02 Å². The van der Waals surface area contributed by atoms with Crippen molar-refractivity contribution in [3.8, 4) is 5.75 Å². The third-order valence-corrected chi connectivity index (χ3v) is 4.77. The summed E-state index contributed by atoms with van der Waals surface area (Å²) in [4.78, 5) is 0. The quantitative estimate of drug-likeness (QED) is 0.791. The summed E-state index contributed by atoms with van der Waals surface area (Å²) in [5, 5.41) is 0.611. The summed E-state index contributed by atoms with van der Waals surface area (Å²) in [5.74, 6) is 0.524. The summed E-state index contributed by atoms with van der Waals surface area (Å²) in [6.07, 6.45) is 0. The van der Waals surface area contributed by atoms with Gasteiger partial charge in [0.25, 0.3) is 15.3 Å². The number of hydrogen-bond acceptors (Lipinski definition) is 4. The van der Waals surface area contributed by atoms with Gasteiger partial charge in [-0.05, 0) is 36.4 Å². The molecule has 0 amide bonds. The molecule has 1 aromatic carbocycles. The van der Waals surface area contributed by atoms with E-state index in [2.05, 4.69) is 4.40 Å². The van der Waals surface area contributed by atoms with Crippen molar-refractivity contribution in [2.24, 2.45) is 4.40 Å². The van der Waals surface area contributed by atoms with E-state index in [1.165, 1.54) is 0 Å². The second kappa shape index (κ2) is 4.27. The van der Waals surface area contributed by atoms with Gasteiger partial charge in [-0.3, -0.25) is 0 Å². The van der Waals surface area contributed by atoms with Crippen LogP contribution in [-0.2, 0) is 10.0 Å². The number of benzene rings is 1. The number of thioether (sulfide) groups is 1. The molecule has 1 aliphatic rings. The molecule has 0 fully saturated rings. The maximum atomic E-state index is 11.1. The highest BCUT2D eigenvalue weighted by atomic mass is 35.5. The number of sulfonamides is 1. The van der Waals surface area contributed by atoms with E-state index in [1.807, 2.05) is 6.92 Å². The smallest absolute Gasteiger partial charge is 0.268 e. The molecule has 0 atom stereocenters. The maximum Gasteiger partial charge on any atom is 0.268 e. The van der Waals surface area contributed by atoms with E-state index < -0.39 is 10.0 Å². The Morgan fingerprint density at radius 1 is 1.50 bits per heavy atom. The van der Waals surface area contributed by atoms with E-state index in [0.717, 1.165) is 17.3 Å². The van der Waals surface area contributed by atoms with Gasteiger partial charge in [-0.25, -0.2) is 8.42 Å². The summed E-state index contributed by atoms with van der Waals surface area (Å²) in [6.45, 7) is 1.85. The van der Waals surface area contributed by atoms with E-state index in [4.69, 9.17) is 16.3 Å². The zero-order valence-electron chi connectivity index (χ0n) is 8.31. The lowest BCUT2D eigenvalue weighted by Crippen LogP contribution is -2.01. The molecule has 1 heterocycles. The number of ether oxygens (including phenoxy) is 1. The molecule has 0 aromatic heterocycles. The van der Waals surface area contributed by atoms with Crippen molar-refractivity contribution in [3.05, 3.63) is 28.8 Å². The van der Waals surface area contributed by atoms with Crippen molar-refractivity contribution < 1.29 is 13.2 Å². The molecule has 16 heavy (non-hydrogen) atoms. The standard InChI is InChI=1S/C9H8ClNO3S2/c1-6-2-3-7(10)4-8(6)14-9-11-16(12,13)5-15-9/h2-4H,5H2,1H3. The molecule has 1 aromatic rings. The van der Waals surface area contributed by atoms with Crippen LogP contribution in [0.15, 0.2) is 22.6 Å². The van der Waals surface area contributed by atoms with Crippen LogP contribution in [0.25, 0.3) is 0 Å². The van der Waals surface area contributed by atoms with Crippen LogP contribution in [0.4, 0.5) is 0 Å². The van der Waals surface area contributed by atoms with Gasteiger partial charge in [0.15, 0.2) is 0 Å². The van der Waals surface area contributed by atoms with Crippen LogP contribution < -0.4 is 4.74 Å². The van der Waals surface area contributed by atoms with Crippen molar-refractivity contribution in [1.29, 1.82) is 0 Å². The highest BCUT2D eigenvalue weighted by Gasteiger charge is 2.23. The SMILES string of the molecule is Cc1ccc(Cl)cc1OC1=NS(=O)(=O)CS1. The predicted octanol–water partition coefficient (Wildman–Crippen LogP) is 2.42. The summed E-state index contributed by atoms with van der Waals surface area (Å²) in [7, 11) is -3.35. The molecule has 0 unspecified atom stereocenters. The lowest BCUT2D eigenvalue weighted by molar-refractivity contribution is 0.561. The zero-order chi connectivity index (χ0) is 11.8. The fraction of sp³-hybridized carbons (Fsp3) is 0.222. The summed E-state index contributed by atoms with van der Waals surface area (Å²) < 4.78 is 31.0. The second-order valence-corrected chi connectivity index (χ2v) is 6.58. The number of hydrogen-bond donors (Lipinski definition) is 0. The van der Waals surface area contributed by atoms with Gasteiger partial charge in [0.05, 0.1) is 0 Å². The molecule has 0 saturated carbocycles. The van der Waals surface area contributed by atoms with E-state index in [9.17, 15) is 8.42 Å². The van der Waals surface area contributed by atoms with E-state index in [-0.39, 0.29) is 10.3 Å². The minimum absolute atomic E-state index is 0.0675. The van der Waals surface area contributed by atoms with Crippen LogP contribution in [-0.4, -0.2) is 18.7 Å². The van der Waals surface area contributed by atoms with E-state index >= 15 is 0 Å². The topological polar surface area (TPSA) is 55.7 Å². The molecular formula is C9H8ClNO3S2. The fourth-order valence-electron chi connectivity index (χ4n) is 1.12. The number of nitrogens with zero attached hydrogens (tertiary/aromatic N) is 1. The Kier molecular flexibility index (Phi) is 3.14. The average molecular weight is 278 g/mol. The van der Waals surface area contributed by atoms with Gasteiger partial charge >= 0.3 is 0 Å². The van der Waals surface area contributed by atoms with Crippen LogP contribution in [0.5, 0.6) is 5.75 Å². The van der Waals surface area contributed by atoms with Crippen molar-refractivity contribution in [2.45, 2.75) is 6.92 Å². The van der Waals surface area contributed by atoms with Gasteiger partial charge < -0.3 is 4.74 Å². The first-order chi connectivity index (χ1) is 7.46. The number of aryl methyl sites for hydroxylation is 1. The molecule has 0 aliphatic carbocycles. The molecule has 0 saturated heterocycles. The van der Waals surface area contributed by atoms with E-state index in [1.54, 1.807) is 18.2 Å². The maximum absolute atomic E-state index is 11.1. The molecule has 7 heteroatoms. The highest BCUT2D eigenvalue weighted by Crippen LogP contribution is 2.27. The fourth-order valence-corrected chi connectivity index (χ4v) is 3.45. The normalized spacial score (nSPS) is 18.2. The molecule has 4 nitrogen and oxygen atoms in total. The van der Waals surface area contributed by atoms with Crippen LogP contribution in [0, 0.1) is 6.92 Å². The van der Waals surface area contributed by atoms with Crippen LogP contribution in [0.1, 0.15) is 5.56 Å². The predicted molar refractivity (Wildman–Crippen MR) is 65.6 cm³/mol. The third kappa shape index (κ3) is 2.69. The molecule has 2 rings (SSSR count). The minimum atomic E-state index is -3.35. The summed E-state index contributed by atoms with van der Waals surface area (Å²) in [6, 6.07) is 5.17. The minimum Gasteiger partial charge on any atom is -0.433 e. The van der Waals surface area contributed by atoms with Crippen LogP contribution in [0.3, 0.4) is 0 Å². The van der Waals surface area contributed by atoms with Crippen molar-refractivity contribution in [1.82, 2.24) is 0 Å². The third-order valence-electron chi connectivity index (χ3n) is 1.89. The number of rotatable bonds is 1. The zero-order valence-corrected chi connectivity index (χ0v) is 10.7. The Bertz CT molecular complexity index is 554. The highest BCUT2D eigenvalue weighted by molar-refractivity contribution is 8.24. The first-order valence-corrected chi connectivity index (χ1v) is 7.33. The van der Waals surface area contributed by atoms with Gasteiger partial charge in [-0.2, -0.15) is 0 Å². The van der Waals surface area contributed by atoms with E-state index in [0.29, 0.717) is 10.8 Å². The molecule has 0 radical (unpaired) electrons.